The minimum atomic E-state index is -0.498. The molecule has 0 atom stereocenters. The zero-order chi connectivity index (χ0) is 22.1. The minimum absolute atomic E-state index is 0.0923. The Morgan fingerprint density at radius 3 is 2.58 bits per heavy atom. The van der Waals surface area contributed by atoms with Crippen molar-refractivity contribution in [1.29, 1.82) is 0 Å². The van der Waals surface area contributed by atoms with Crippen molar-refractivity contribution in [2.24, 2.45) is 0 Å². The molecule has 0 radical (unpaired) electrons. The number of ether oxygens (including phenoxy) is 2. The Labute approximate surface area is 186 Å². The molecule has 0 aliphatic carbocycles. The van der Waals surface area contributed by atoms with Crippen molar-refractivity contribution in [2.45, 2.75) is 0 Å². The second-order valence-electron chi connectivity index (χ2n) is 7.23. The Hall–Kier alpha value is -3.24. The summed E-state index contributed by atoms with van der Waals surface area (Å²) in [6, 6.07) is 9.51. The summed E-state index contributed by atoms with van der Waals surface area (Å²) in [6.45, 7) is 1.16. The molecule has 0 bridgehead atoms. The van der Waals surface area contributed by atoms with Crippen LogP contribution in [0.25, 0.3) is 10.9 Å². The van der Waals surface area contributed by atoms with Gasteiger partial charge in [-0.2, -0.15) is 0 Å². The van der Waals surface area contributed by atoms with Gasteiger partial charge in [-0.15, -0.1) is 0 Å². The number of hydrogen-bond donors (Lipinski definition) is 0. The predicted octanol–water partition coefficient (Wildman–Crippen LogP) is 3.84. The third kappa shape index (κ3) is 4.17. The van der Waals surface area contributed by atoms with Crippen molar-refractivity contribution in [1.82, 2.24) is 9.88 Å². The molecule has 2 aromatic carbocycles. The molecular formula is C21H19BrN4O5. The molecule has 0 saturated carbocycles. The van der Waals surface area contributed by atoms with E-state index in [2.05, 4.69) is 20.9 Å². The van der Waals surface area contributed by atoms with E-state index in [0.29, 0.717) is 45.8 Å². The van der Waals surface area contributed by atoms with Crippen molar-refractivity contribution in [3.05, 3.63) is 62.7 Å². The van der Waals surface area contributed by atoms with E-state index in [-0.39, 0.29) is 18.4 Å². The van der Waals surface area contributed by atoms with Crippen molar-refractivity contribution < 1.29 is 19.2 Å². The van der Waals surface area contributed by atoms with E-state index in [1.807, 2.05) is 25.1 Å². The molecule has 4 rings (SSSR count). The van der Waals surface area contributed by atoms with Gasteiger partial charge in [0, 0.05) is 47.3 Å². The standard InChI is InChI=1S/C21H19BrN4O5/c1-24(2)7-8-25(21(27)14-4-3-13(26(28)29)9-16(14)22)18-5-6-23-17-11-20-19(10-15(17)18)30-12-31-20/h3-6,9-11H,7-8,12H2,1-2H3. The minimum Gasteiger partial charge on any atom is -0.454 e. The SMILES string of the molecule is CN(C)CCN(C(=O)c1ccc([N+](=O)[O-])cc1Br)c1ccnc2cc3c(cc12)OCO3. The Balaban J connectivity index is 1.80. The highest BCUT2D eigenvalue weighted by molar-refractivity contribution is 9.10. The van der Waals surface area contributed by atoms with Crippen molar-refractivity contribution >= 4 is 44.1 Å². The fraction of sp³-hybridized carbons (Fsp3) is 0.238. The van der Waals surface area contributed by atoms with E-state index in [9.17, 15) is 14.9 Å². The van der Waals surface area contributed by atoms with Crippen LogP contribution in [0.4, 0.5) is 11.4 Å². The average Bonchev–Trinajstić information content (AvgIpc) is 3.19. The fourth-order valence-electron chi connectivity index (χ4n) is 3.32. The molecule has 1 aromatic heterocycles. The van der Waals surface area contributed by atoms with Crippen LogP contribution < -0.4 is 14.4 Å². The molecule has 2 heterocycles. The quantitative estimate of drug-likeness (QED) is 0.385. The lowest BCUT2D eigenvalue weighted by molar-refractivity contribution is -0.384. The number of nitro benzene ring substituents is 1. The van der Waals surface area contributed by atoms with Gasteiger partial charge in [0.2, 0.25) is 6.79 Å². The van der Waals surface area contributed by atoms with Crippen molar-refractivity contribution in [2.75, 3.05) is 38.9 Å². The maximum atomic E-state index is 13.6. The van der Waals surface area contributed by atoms with Gasteiger partial charge in [0.05, 0.1) is 21.7 Å². The molecule has 3 aromatic rings. The number of nitro groups is 1. The first-order valence-electron chi connectivity index (χ1n) is 9.44. The third-order valence-electron chi connectivity index (χ3n) is 4.91. The number of likely N-dealkylation sites (N-methyl/N-ethyl adjacent to an activating group) is 1. The molecule has 0 N–H and O–H groups in total. The van der Waals surface area contributed by atoms with Gasteiger partial charge in [-0.3, -0.25) is 19.9 Å². The smallest absolute Gasteiger partial charge is 0.270 e. The molecule has 31 heavy (non-hydrogen) atoms. The second-order valence-corrected chi connectivity index (χ2v) is 8.09. The summed E-state index contributed by atoms with van der Waals surface area (Å²) in [5.74, 6) is 0.925. The van der Waals surface area contributed by atoms with Crippen LogP contribution in [-0.2, 0) is 0 Å². The van der Waals surface area contributed by atoms with E-state index in [1.54, 1.807) is 23.2 Å². The van der Waals surface area contributed by atoms with Crippen LogP contribution in [0.1, 0.15) is 10.4 Å². The van der Waals surface area contributed by atoms with Crippen LogP contribution in [0, 0.1) is 10.1 Å². The Morgan fingerprint density at radius 1 is 1.16 bits per heavy atom. The van der Waals surface area contributed by atoms with Gasteiger partial charge in [-0.05, 0) is 48.2 Å². The molecule has 9 nitrogen and oxygen atoms in total. The number of carbonyl (C=O) groups is 1. The third-order valence-corrected chi connectivity index (χ3v) is 5.57. The lowest BCUT2D eigenvalue weighted by Gasteiger charge is -2.26. The van der Waals surface area contributed by atoms with Gasteiger partial charge in [0.25, 0.3) is 11.6 Å². The summed E-state index contributed by atoms with van der Waals surface area (Å²) in [4.78, 5) is 32.2. The first kappa shape index (κ1) is 21.0. The number of anilines is 1. The molecule has 1 aliphatic rings. The van der Waals surface area contributed by atoms with Gasteiger partial charge in [0.1, 0.15) is 0 Å². The van der Waals surface area contributed by atoms with Crippen molar-refractivity contribution in [3.8, 4) is 11.5 Å². The van der Waals surface area contributed by atoms with E-state index in [4.69, 9.17) is 9.47 Å². The average molecular weight is 487 g/mol. The lowest BCUT2D eigenvalue weighted by Crippen LogP contribution is -2.37. The number of halogens is 1. The molecule has 0 fully saturated rings. The molecular weight excluding hydrogens is 468 g/mol. The van der Waals surface area contributed by atoms with Gasteiger partial charge in [-0.25, -0.2) is 0 Å². The number of aromatic nitrogens is 1. The number of pyridine rings is 1. The van der Waals surface area contributed by atoms with Crippen LogP contribution in [0.5, 0.6) is 11.5 Å². The number of non-ortho nitro benzene ring substituents is 1. The van der Waals surface area contributed by atoms with E-state index in [1.165, 1.54) is 18.2 Å². The first-order chi connectivity index (χ1) is 14.8. The number of nitrogens with zero attached hydrogens (tertiary/aromatic N) is 4. The van der Waals surface area contributed by atoms with E-state index >= 15 is 0 Å². The van der Waals surface area contributed by atoms with Gasteiger partial charge >= 0.3 is 0 Å². The number of rotatable bonds is 6. The van der Waals surface area contributed by atoms with Crippen LogP contribution in [0.3, 0.4) is 0 Å². The van der Waals surface area contributed by atoms with Crippen LogP contribution in [-0.4, -0.2) is 54.7 Å². The highest BCUT2D eigenvalue weighted by Crippen LogP contribution is 2.39. The lowest BCUT2D eigenvalue weighted by atomic mass is 10.1. The molecule has 0 unspecified atom stereocenters. The topological polar surface area (TPSA) is 98.0 Å². The number of hydrogen-bond acceptors (Lipinski definition) is 7. The number of carbonyl (C=O) groups excluding carboxylic acids is 1. The van der Waals surface area contributed by atoms with Gasteiger partial charge in [0.15, 0.2) is 11.5 Å². The maximum absolute atomic E-state index is 13.6. The zero-order valence-electron chi connectivity index (χ0n) is 16.9. The van der Waals surface area contributed by atoms with Gasteiger partial charge in [-0.1, -0.05) is 0 Å². The summed E-state index contributed by atoms with van der Waals surface area (Å²) < 4.78 is 11.3. The Morgan fingerprint density at radius 2 is 1.90 bits per heavy atom. The second kappa shape index (κ2) is 8.48. The molecule has 1 aliphatic heterocycles. The first-order valence-corrected chi connectivity index (χ1v) is 10.2. The zero-order valence-corrected chi connectivity index (χ0v) is 18.5. The largest absolute Gasteiger partial charge is 0.454 e. The van der Waals surface area contributed by atoms with Crippen LogP contribution in [0.15, 0.2) is 47.1 Å². The Bertz CT molecular complexity index is 1180. The number of fused-ring (bicyclic) bond motifs is 2. The summed E-state index contributed by atoms with van der Waals surface area (Å²) in [5.41, 5.74) is 1.58. The fourth-order valence-corrected chi connectivity index (χ4v) is 3.86. The summed E-state index contributed by atoms with van der Waals surface area (Å²) in [5, 5.41) is 11.8. The molecule has 1 amide bonds. The molecule has 0 spiro atoms. The Kier molecular flexibility index (Phi) is 5.75. The number of benzene rings is 2. The van der Waals surface area contributed by atoms with Crippen LogP contribution in [0.2, 0.25) is 0 Å². The van der Waals surface area contributed by atoms with Gasteiger partial charge < -0.3 is 19.3 Å². The number of amides is 1. The van der Waals surface area contributed by atoms with E-state index < -0.39 is 4.92 Å². The van der Waals surface area contributed by atoms with Crippen LogP contribution >= 0.6 is 15.9 Å². The molecule has 160 valence electrons. The summed E-state index contributed by atoms with van der Waals surface area (Å²) >= 11 is 3.32. The molecule has 10 heteroatoms. The predicted molar refractivity (Wildman–Crippen MR) is 119 cm³/mol. The normalized spacial score (nSPS) is 12.4. The summed E-state index contributed by atoms with van der Waals surface area (Å²) in [7, 11) is 3.85. The van der Waals surface area contributed by atoms with Crippen molar-refractivity contribution in [3.63, 3.8) is 0 Å². The summed E-state index contributed by atoms with van der Waals surface area (Å²) in [6.07, 6.45) is 1.64. The molecule has 0 saturated heterocycles. The monoisotopic (exact) mass is 486 g/mol. The maximum Gasteiger partial charge on any atom is 0.270 e. The highest BCUT2D eigenvalue weighted by Gasteiger charge is 2.25. The van der Waals surface area contributed by atoms with E-state index in [0.717, 1.165) is 5.39 Å². The highest BCUT2D eigenvalue weighted by atomic mass is 79.9.